The molecule has 0 bridgehead atoms. The first-order chi connectivity index (χ1) is 13.1. The molecule has 10 heteroatoms. The number of amides is 3. The molecule has 1 fully saturated rings. The van der Waals surface area contributed by atoms with E-state index in [4.69, 9.17) is 9.47 Å². The number of hydrogen-bond donors (Lipinski definition) is 1. The summed E-state index contributed by atoms with van der Waals surface area (Å²) in [5.41, 5.74) is 1.26. The molecule has 0 unspecified atom stereocenters. The van der Waals surface area contributed by atoms with Crippen molar-refractivity contribution in [2.45, 2.75) is 33.8 Å². The van der Waals surface area contributed by atoms with Crippen LogP contribution in [0.4, 0.5) is 4.79 Å². The number of imide groups is 1. The van der Waals surface area contributed by atoms with Crippen LogP contribution in [0.5, 0.6) is 0 Å². The van der Waals surface area contributed by atoms with E-state index in [-0.39, 0.29) is 24.4 Å². The SMILES string of the molecule is CCOC(=O)c1c(C)[nH]c(C(=O)[C@@H](C)OC(=O)CN2C(=O)CN(C)C2=O)c1C. The van der Waals surface area contributed by atoms with Gasteiger partial charge in [-0.25, -0.2) is 9.59 Å². The number of rotatable bonds is 7. The number of hydrogen-bond acceptors (Lipinski definition) is 7. The van der Waals surface area contributed by atoms with Crippen molar-refractivity contribution < 1.29 is 33.4 Å². The number of Topliss-reactive ketones (excluding diaryl/α,β-unsaturated/α-hetero) is 1. The molecule has 0 aromatic carbocycles. The van der Waals surface area contributed by atoms with E-state index in [2.05, 4.69) is 4.98 Å². The van der Waals surface area contributed by atoms with Crippen molar-refractivity contribution in [2.75, 3.05) is 26.7 Å². The molecule has 1 aliphatic rings. The normalized spacial score (nSPS) is 15.0. The fraction of sp³-hybridized carbons (Fsp3) is 0.500. The zero-order valence-electron chi connectivity index (χ0n) is 16.5. The molecule has 0 radical (unpaired) electrons. The van der Waals surface area contributed by atoms with Gasteiger partial charge in [-0.1, -0.05) is 0 Å². The van der Waals surface area contributed by atoms with Crippen LogP contribution in [-0.2, 0) is 19.1 Å². The van der Waals surface area contributed by atoms with Gasteiger partial charge in [0.05, 0.1) is 17.9 Å². The Morgan fingerprint density at radius 3 is 2.39 bits per heavy atom. The number of nitrogens with zero attached hydrogens (tertiary/aromatic N) is 2. The highest BCUT2D eigenvalue weighted by Gasteiger charge is 2.36. The van der Waals surface area contributed by atoms with E-state index < -0.39 is 42.3 Å². The van der Waals surface area contributed by atoms with E-state index in [9.17, 15) is 24.0 Å². The number of likely N-dealkylation sites (N-methyl/N-ethyl adjacent to an activating group) is 1. The van der Waals surface area contributed by atoms with Crippen LogP contribution in [-0.4, -0.2) is 77.3 Å². The third kappa shape index (κ3) is 4.05. The van der Waals surface area contributed by atoms with Crippen LogP contribution >= 0.6 is 0 Å². The van der Waals surface area contributed by atoms with Crippen molar-refractivity contribution in [2.24, 2.45) is 0 Å². The Morgan fingerprint density at radius 2 is 1.86 bits per heavy atom. The number of ketones is 1. The van der Waals surface area contributed by atoms with Crippen LogP contribution < -0.4 is 0 Å². The predicted octanol–water partition coefficient (Wildman–Crippen LogP) is 0.817. The van der Waals surface area contributed by atoms with E-state index in [1.165, 1.54) is 18.9 Å². The summed E-state index contributed by atoms with van der Waals surface area (Å²) >= 11 is 0. The lowest BCUT2D eigenvalue weighted by Crippen LogP contribution is -2.38. The molecule has 152 valence electrons. The molecule has 1 N–H and O–H groups in total. The van der Waals surface area contributed by atoms with Gasteiger partial charge in [-0.05, 0) is 33.3 Å². The Balaban J connectivity index is 2.08. The number of ether oxygens (including phenoxy) is 2. The summed E-state index contributed by atoms with van der Waals surface area (Å²) in [5, 5.41) is 0. The Bertz CT molecular complexity index is 842. The second-order valence-electron chi connectivity index (χ2n) is 6.46. The smallest absolute Gasteiger partial charge is 0.340 e. The van der Waals surface area contributed by atoms with Gasteiger partial charge in [-0.3, -0.25) is 19.3 Å². The van der Waals surface area contributed by atoms with Gasteiger partial charge in [-0.15, -0.1) is 0 Å². The van der Waals surface area contributed by atoms with Crippen LogP contribution in [0.1, 0.15) is 46.0 Å². The molecular weight excluding hydrogens is 370 g/mol. The minimum atomic E-state index is -1.18. The van der Waals surface area contributed by atoms with Gasteiger partial charge in [0.25, 0.3) is 5.91 Å². The molecule has 3 amide bonds. The van der Waals surface area contributed by atoms with Crippen molar-refractivity contribution in [3.63, 3.8) is 0 Å². The average Bonchev–Trinajstić information content (AvgIpc) is 3.04. The highest BCUT2D eigenvalue weighted by Crippen LogP contribution is 2.21. The first-order valence-corrected chi connectivity index (χ1v) is 8.73. The minimum absolute atomic E-state index is 0.113. The molecule has 1 saturated heterocycles. The Morgan fingerprint density at radius 1 is 1.21 bits per heavy atom. The first kappa shape index (κ1) is 21.1. The second-order valence-corrected chi connectivity index (χ2v) is 6.46. The van der Waals surface area contributed by atoms with E-state index in [1.807, 2.05) is 0 Å². The molecule has 10 nitrogen and oxygen atoms in total. The first-order valence-electron chi connectivity index (χ1n) is 8.73. The average molecular weight is 393 g/mol. The Kier molecular flexibility index (Phi) is 6.22. The van der Waals surface area contributed by atoms with Gasteiger partial charge in [0.15, 0.2) is 6.10 Å². The molecule has 1 aliphatic heterocycles. The number of nitrogens with one attached hydrogen (secondary N) is 1. The molecule has 1 atom stereocenters. The number of aryl methyl sites for hydroxylation is 1. The van der Waals surface area contributed by atoms with Gasteiger partial charge in [0.1, 0.15) is 13.1 Å². The van der Waals surface area contributed by atoms with Crippen molar-refractivity contribution in [3.8, 4) is 0 Å². The number of esters is 2. The number of carbonyl (C=O) groups excluding carboxylic acids is 5. The summed E-state index contributed by atoms with van der Waals surface area (Å²) in [5.74, 6) is -2.49. The van der Waals surface area contributed by atoms with Gasteiger partial charge >= 0.3 is 18.0 Å². The molecule has 0 spiro atoms. The Labute approximate surface area is 161 Å². The summed E-state index contributed by atoms with van der Waals surface area (Å²) in [6.45, 7) is 5.79. The molecule has 1 aromatic rings. The third-order valence-corrected chi connectivity index (χ3v) is 4.36. The maximum atomic E-state index is 12.6. The summed E-state index contributed by atoms with van der Waals surface area (Å²) < 4.78 is 10.1. The molecule has 2 heterocycles. The number of aromatic amines is 1. The van der Waals surface area contributed by atoms with E-state index in [1.54, 1.807) is 20.8 Å². The fourth-order valence-corrected chi connectivity index (χ4v) is 2.95. The molecule has 28 heavy (non-hydrogen) atoms. The summed E-state index contributed by atoms with van der Waals surface area (Å²) in [4.78, 5) is 65.0. The molecule has 0 aliphatic carbocycles. The number of urea groups is 1. The fourth-order valence-electron chi connectivity index (χ4n) is 2.95. The van der Waals surface area contributed by atoms with Gasteiger partial charge < -0.3 is 19.4 Å². The van der Waals surface area contributed by atoms with Crippen LogP contribution in [0.2, 0.25) is 0 Å². The zero-order valence-corrected chi connectivity index (χ0v) is 16.5. The van der Waals surface area contributed by atoms with E-state index in [0.29, 0.717) is 11.3 Å². The number of H-pyrrole nitrogens is 1. The second kappa shape index (κ2) is 8.24. The maximum absolute atomic E-state index is 12.6. The summed E-state index contributed by atoms with van der Waals surface area (Å²) in [6.07, 6.45) is -1.18. The van der Waals surface area contributed by atoms with Crippen molar-refractivity contribution >= 4 is 29.7 Å². The predicted molar refractivity (Wildman–Crippen MR) is 95.8 cm³/mol. The minimum Gasteiger partial charge on any atom is -0.462 e. The Hall–Kier alpha value is -3.17. The van der Waals surface area contributed by atoms with Gasteiger partial charge in [0.2, 0.25) is 5.78 Å². The van der Waals surface area contributed by atoms with Gasteiger partial charge in [-0.2, -0.15) is 0 Å². The van der Waals surface area contributed by atoms with Crippen molar-refractivity contribution in [3.05, 3.63) is 22.5 Å². The zero-order chi connectivity index (χ0) is 21.2. The maximum Gasteiger partial charge on any atom is 0.340 e. The summed E-state index contributed by atoms with van der Waals surface area (Å²) in [6, 6.07) is -0.601. The third-order valence-electron chi connectivity index (χ3n) is 4.36. The highest BCUT2D eigenvalue weighted by molar-refractivity contribution is 6.05. The molecule has 0 saturated carbocycles. The quantitative estimate of drug-likeness (QED) is 0.413. The topological polar surface area (TPSA) is 126 Å². The lowest BCUT2D eigenvalue weighted by Gasteiger charge is -2.16. The van der Waals surface area contributed by atoms with Crippen molar-refractivity contribution in [1.82, 2.24) is 14.8 Å². The van der Waals surface area contributed by atoms with Crippen LogP contribution in [0, 0.1) is 13.8 Å². The highest BCUT2D eigenvalue weighted by atomic mass is 16.5. The van der Waals surface area contributed by atoms with E-state index in [0.717, 1.165) is 4.90 Å². The summed E-state index contributed by atoms with van der Waals surface area (Å²) in [7, 11) is 1.44. The number of aromatic nitrogens is 1. The largest absolute Gasteiger partial charge is 0.462 e. The molecule has 1 aromatic heterocycles. The van der Waals surface area contributed by atoms with Crippen molar-refractivity contribution in [1.29, 1.82) is 0 Å². The van der Waals surface area contributed by atoms with Crippen LogP contribution in [0.3, 0.4) is 0 Å². The monoisotopic (exact) mass is 393 g/mol. The standard InChI is InChI=1S/C18H23N3O7/c1-6-27-17(25)14-9(2)15(19-10(14)3)16(24)11(4)28-13(23)8-21-12(22)7-20(5)18(21)26/h11,19H,6-8H2,1-5H3/t11-/m1/s1. The molecule has 2 rings (SSSR count). The lowest BCUT2D eigenvalue weighted by molar-refractivity contribution is -0.149. The molecular formula is C18H23N3O7. The number of carbonyl (C=O) groups is 5. The lowest BCUT2D eigenvalue weighted by atomic mass is 10.1. The van der Waals surface area contributed by atoms with Crippen LogP contribution in [0.25, 0.3) is 0 Å². The van der Waals surface area contributed by atoms with Gasteiger partial charge in [0, 0.05) is 12.7 Å². The van der Waals surface area contributed by atoms with E-state index >= 15 is 0 Å². The van der Waals surface area contributed by atoms with Crippen LogP contribution in [0.15, 0.2) is 0 Å².